The van der Waals surface area contributed by atoms with Crippen molar-refractivity contribution in [1.29, 1.82) is 0 Å². The second-order valence-corrected chi connectivity index (χ2v) is 14.8. The zero-order valence-electron chi connectivity index (χ0n) is 28.7. The number of carbonyl (C=O) groups excluding carboxylic acids is 2. The number of aliphatic hydroxyl groups is 1. The number of rotatable bonds is 12. The van der Waals surface area contributed by atoms with Crippen LogP contribution in [0.4, 0.5) is 5.69 Å². The number of aliphatic carboxylic acids is 1. The lowest BCUT2D eigenvalue weighted by atomic mass is 9.75. The number of carboxylic acids is 1. The average molecular weight is 664 g/mol. The van der Waals surface area contributed by atoms with Gasteiger partial charge in [-0.1, -0.05) is 49.2 Å². The van der Waals surface area contributed by atoms with E-state index in [9.17, 15) is 19.5 Å². The summed E-state index contributed by atoms with van der Waals surface area (Å²) in [5, 5.41) is 24.7. The number of piperidine rings is 1. The molecule has 0 aromatic heterocycles. The first-order chi connectivity index (χ1) is 23.0. The van der Waals surface area contributed by atoms with Crippen LogP contribution < -0.4 is 10.6 Å². The van der Waals surface area contributed by atoms with Crippen molar-refractivity contribution in [1.82, 2.24) is 10.2 Å². The molecule has 2 aromatic rings. The summed E-state index contributed by atoms with van der Waals surface area (Å²) in [6.45, 7) is 6.65. The molecule has 3 fully saturated rings. The van der Waals surface area contributed by atoms with Gasteiger partial charge in [-0.05, 0) is 88.5 Å². The van der Waals surface area contributed by atoms with Gasteiger partial charge in [0.15, 0.2) is 6.29 Å². The summed E-state index contributed by atoms with van der Waals surface area (Å²) in [4.78, 5) is 39.6. The number of likely N-dealkylation sites (tertiary alicyclic amines) is 1. The van der Waals surface area contributed by atoms with E-state index in [1.54, 1.807) is 0 Å². The van der Waals surface area contributed by atoms with Crippen LogP contribution in [0.1, 0.15) is 120 Å². The fraction of sp³-hybridized carbons (Fsp3) is 0.605. The van der Waals surface area contributed by atoms with Crippen molar-refractivity contribution in [2.24, 2.45) is 5.92 Å². The fourth-order valence-corrected chi connectivity index (χ4v) is 7.54. The maximum atomic E-state index is 13.7. The molecule has 0 bridgehead atoms. The minimum absolute atomic E-state index is 0.0340. The molecule has 0 radical (unpaired) electrons. The highest BCUT2D eigenvalue weighted by molar-refractivity contribution is 5.90. The van der Waals surface area contributed by atoms with Gasteiger partial charge in [0.1, 0.15) is 0 Å². The fourth-order valence-electron chi connectivity index (χ4n) is 7.54. The maximum absolute atomic E-state index is 13.7. The number of carbonyl (C=O) groups is 3. The third-order valence-electron chi connectivity index (χ3n) is 9.82. The molecule has 2 heterocycles. The van der Waals surface area contributed by atoms with Crippen LogP contribution in [0.2, 0.25) is 0 Å². The quantitative estimate of drug-likeness (QED) is 0.196. The van der Waals surface area contributed by atoms with Gasteiger partial charge >= 0.3 is 5.97 Å². The number of nitrogens with one attached hydrogen (secondary N) is 2. The van der Waals surface area contributed by atoms with E-state index < -0.39 is 12.3 Å². The molecule has 2 aliphatic heterocycles. The number of amides is 2. The summed E-state index contributed by atoms with van der Waals surface area (Å²) in [6.07, 6.45) is 7.25. The lowest BCUT2D eigenvalue weighted by molar-refractivity contribution is -0.255. The van der Waals surface area contributed by atoms with Gasteiger partial charge in [0, 0.05) is 48.6 Å². The van der Waals surface area contributed by atoms with E-state index in [4.69, 9.17) is 14.6 Å². The number of unbranched alkanes of at least 4 members (excludes halogenated alkanes) is 1. The Labute approximate surface area is 284 Å². The Bertz CT molecular complexity index is 1390. The van der Waals surface area contributed by atoms with Crippen molar-refractivity contribution in [2.75, 3.05) is 11.9 Å². The van der Waals surface area contributed by atoms with Crippen molar-refractivity contribution >= 4 is 23.5 Å². The van der Waals surface area contributed by atoms with E-state index in [1.165, 1.54) is 19.3 Å². The Morgan fingerprint density at radius 3 is 2.40 bits per heavy atom. The number of anilines is 1. The Balaban J connectivity index is 1.37. The monoisotopic (exact) mass is 663 g/mol. The minimum atomic E-state index is -0.862. The Morgan fingerprint density at radius 1 is 0.917 bits per heavy atom. The lowest BCUT2D eigenvalue weighted by Gasteiger charge is -2.50. The van der Waals surface area contributed by atoms with Crippen LogP contribution in [0, 0.1) is 5.92 Å². The number of aliphatic hydroxyl groups excluding tert-OH is 1. The Hall–Kier alpha value is -3.31. The molecule has 3 aliphatic rings. The normalized spacial score (nSPS) is 26.3. The highest BCUT2D eigenvalue weighted by Crippen LogP contribution is 2.42. The maximum Gasteiger partial charge on any atom is 0.303 e. The molecular formula is C38H53N3O7. The largest absolute Gasteiger partial charge is 0.481 e. The molecule has 2 aromatic carbocycles. The second-order valence-electron chi connectivity index (χ2n) is 14.8. The summed E-state index contributed by atoms with van der Waals surface area (Å²) >= 11 is 0. The van der Waals surface area contributed by atoms with Gasteiger partial charge in [-0.2, -0.15) is 0 Å². The zero-order valence-corrected chi connectivity index (χ0v) is 28.7. The van der Waals surface area contributed by atoms with Gasteiger partial charge in [-0.15, -0.1) is 0 Å². The van der Waals surface area contributed by atoms with Crippen LogP contribution in [0.25, 0.3) is 0 Å². The lowest BCUT2D eigenvalue weighted by Crippen LogP contribution is -2.61. The van der Waals surface area contributed by atoms with Gasteiger partial charge in [0.05, 0.1) is 24.9 Å². The van der Waals surface area contributed by atoms with Gasteiger partial charge in [-0.3, -0.25) is 19.3 Å². The van der Waals surface area contributed by atoms with E-state index >= 15 is 0 Å². The third kappa shape index (κ3) is 9.87. The molecule has 0 unspecified atom stereocenters. The number of benzene rings is 2. The second kappa shape index (κ2) is 16.4. The first-order valence-corrected chi connectivity index (χ1v) is 17.7. The smallest absolute Gasteiger partial charge is 0.303 e. The SMILES string of the molecule is CC(C)(C)NC(=O)[C@H]1CC[C@H]2CCCC[C@H]2N1C[C@H]1C[C@@H](c2ccc(CO)cc2)O[C@@H](c2cccc(NC(=O)CCCCC(=O)O)c2)O1. The number of carboxylic acid groups (broad SMARTS) is 1. The molecular weight excluding hydrogens is 610 g/mol. The molecule has 0 spiro atoms. The summed E-state index contributed by atoms with van der Waals surface area (Å²) in [7, 11) is 0. The van der Waals surface area contributed by atoms with E-state index in [1.807, 2.05) is 69.3 Å². The Kier molecular flexibility index (Phi) is 12.3. The molecule has 10 heteroatoms. The van der Waals surface area contributed by atoms with Crippen molar-refractivity contribution in [3.63, 3.8) is 0 Å². The van der Waals surface area contributed by atoms with Gasteiger partial charge < -0.3 is 30.3 Å². The van der Waals surface area contributed by atoms with E-state index in [2.05, 4.69) is 15.5 Å². The first-order valence-electron chi connectivity index (χ1n) is 17.7. The summed E-state index contributed by atoms with van der Waals surface area (Å²) in [6, 6.07) is 15.4. The zero-order chi connectivity index (χ0) is 34.3. The molecule has 1 saturated carbocycles. The number of hydrogen-bond donors (Lipinski definition) is 4. The highest BCUT2D eigenvalue weighted by Gasteiger charge is 2.44. The summed E-state index contributed by atoms with van der Waals surface area (Å²) in [5.41, 5.74) is 2.89. The number of fused-ring (bicyclic) bond motifs is 1. The van der Waals surface area contributed by atoms with E-state index in [0.717, 1.165) is 36.0 Å². The van der Waals surface area contributed by atoms with E-state index in [0.29, 0.717) is 43.5 Å². The van der Waals surface area contributed by atoms with Crippen LogP contribution in [0.3, 0.4) is 0 Å². The predicted octanol–water partition coefficient (Wildman–Crippen LogP) is 6.25. The average Bonchev–Trinajstić information content (AvgIpc) is 3.06. The van der Waals surface area contributed by atoms with E-state index in [-0.39, 0.29) is 55.1 Å². The van der Waals surface area contributed by atoms with Crippen molar-refractivity contribution in [3.05, 3.63) is 65.2 Å². The predicted molar refractivity (Wildman–Crippen MR) is 183 cm³/mol. The minimum Gasteiger partial charge on any atom is -0.481 e. The van der Waals surface area contributed by atoms with Crippen molar-refractivity contribution in [3.8, 4) is 0 Å². The molecule has 1 aliphatic carbocycles. The third-order valence-corrected chi connectivity index (χ3v) is 9.82. The molecule has 48 heavy (non-hydrogen) atoms. The highest BCUT2D eigenvalue weighted by atomic mass is 16.7. The van der Waals surface area contributed by atoms with Crippen LogP contribution in [0.5, 0.6) is 0 Å². The molecule has 10 nitrogen and oxygen atoms in total. The molecule has 262 valence electrons. The molecule has 6 atom stereocenters. The van der Waals surface area contributed by atoms with Gasteiger partial charge in [0.25, 0.3) is 0 Å². The standard InChI is InChI=1S/C38H53N3O7/c1-38(2,3)40-36(46)32-20-19-26-9-4-5-12-31(26)41(32)23-30-22-33(27-17-15-25(24-42)16-18-27)48-37(47-30)28-10-8-11-29(21-28)39-34(43)13-6-7-14-35(44)45/h8,10-11,15-18,21,26,30-33,37,42H,4-7,9,12-14,19-20,22-24H2,1-3H3,(H,39,43)(H,40,46)(H,44,45)/t26-,30-,31-,32-,33+,37+/m1/s1. The summed E-state index contributed by atoms with van der Waals surface area (Å²) in [5.74, 6) is -0.370. The van der Waals surface area contributed by atoms with Crippen LogP contribution in [-0.4, -0.2) is 63.2 Å². The van der Waals surface area contributed by atoms with Crippen molar-refractivity contribution in [2.45, 2.75) is 134 Å². The topological polar surface area (TPSA) is 137 Å². The van der Waals surface area contributed by atoms with Crippen LogP contribution in [0.15, 0.2) is 48.5 Å². The number of hydrogen-bond acceptors (Lipinski definition) is 7. The Morgan fingerprint density at radius 2 is 1.67 bits per heavy atom. The molecule has 2 saturated heterocycles. The molecule has 4 N–H and O–H groups in total. The van der Waals surface area contributed by atoms with Crippen molar-refractivity contribution < 1.29 is 34.1 Å². The first kappa shape index (κ1) is 36.0. The van der Waals surface area contributed by atoms with Gasteiger partial charge in [0.2, 0.25) is 11.8 Å². The van der Waals surface area contributed by atoms with Crippen LogP contribution in [-0.2, 0) is 30.5 Å². The number of nitrogens with zero attached hydrogens (tertiary/aromatic N) is 1. The molecule has 2 amide bonds. The molecule has 5 rings (SSSR count). The number of ether oxygens (including phenoxy) is 2. The van der Waals surface area contributed by atoms with Crippen LogP contribution >= 0.6 is 0 Å². The van der Waals surface area contributed by atoms with Gasteiger partial charge in [-0.25, -0.2) is 0 Å². The summed E-state index contributed by atoms with van der Waals surface area (Å²) < 4.78 is 13.3.